The van der Waals surface area contributed by atoms with Crippen LogP contribution in [0.5, 0.6) is 0 Å². The first-order valence-electron chi connectivity index (χ1n) is 5.96. The molecule has 0 saturated carbocycles. The minimum absolute atomic E-state index is 1.29. The maximum atomic E-state index is 2.52. The molecular weight excluding hydrogens is 244 g/mol. The van der Waals surface area contributed by atoms with Crippen LogP contribution in [0.3, 0.4) is 0 Å². The molecule has 0 aromatic carbocycles. The Balaban J connectivity index is 1.53. The predicted octanol–water partition coefficient (Wildman–Crippen LogP) is 3.82. The molecule has 5 heteroatoms. The second-order valence-electron chi connectivity index (χ2n) is 4.20. The highest BCUT2D eigenvalue weighted by Gasteiger charge is 2.14. The minimum atomic E-state index is 1.29. The van der Waals surface area contributed by atoms with Crippen LogP contribution >= 0.6 is 31.8 Å². The third-order valence-electron chi connectivity index (χ3n) is 2.90. The Labute approximate surface area is 105 Å². The highest BCUT2D eigenvalue weighted by Crippen LogP contribution is 2.41. The van der Waals surface area contributed by atoms with E-state index in [0.717, 1.165) is 0 Å². The summed E-state index contributed by atoms with van der Waals surface area (Å²) < 4.78 is 5.04. The smallest absolute Gasteiger partial charge is 0.00975 e. The summed E-state index contributed by atoms with van der Waals surface area (Å²) >= 11 is 0. The first kappa shape index (κ1) is 12.4. The van der Waals surface area contributed by atoms with E-state index in [9.17, 15) is 0 Å². The second kappa shape index (κ2) is 7.33. The minimum Gasteiger partial charge on any atom is -0.241 e. The normalized spacial score (nSPS) is 25.6. The van der Waals surface area contributed by atoms with Gasteiger partial charge in [0.2, 0.25) is 0 Å². The van der Waals surface area contributed by atoms with Crippen LogP contribution in [-0.4, -0.2) is 34.8 Å². The van der Waals surface area contributed by atoms with Crippen LogP contribution in [-0.2, 0) is 0 Å². The van der Waals surface area contributed by atoms with Crippen molar-refractivity contribution < 1.29 is 0 Å². The molecule has 2 saturated heterocycles. The van der Waals surface area contributed by atoms with E-state index in [4.69, 9.17) is 0 Å². The molecule has 0 unspecified atom stereocenters. The molecule has 2 aliphatic rings. The fraction of sp³-hybridized carbons (Fsp3) is 1.00. The molecule has 0 spiro atoms. The van der Waals surface area contributed by atoms with Gasteiger partial charge in [0.05, 0.1) is 0 Å². The molecule has 2 rings (SSSR count). The van der Waals surface area contributed by atoms with Crippen molar-refractivity contribution >= 4 is 31.8 Å². The summed E-state index contributed by atoms with van der Waals surface area (Å²) in [4.78, 5) is 0. The molecule has 0 radical (unpaired) electrons. The zero-order chi connectivity index (χ0) is 10.3. The van der Waals surface area contributed by atoms with E-state index in [1.165, 1.54) is 64.7 Å². The van der Waals surface area contributed by atoms with Gasteiger partial charge in [0, 0.05) is 58.0 Å². The lowest BCUT2D eigenvalue weighted by Gasteiger charge is -2.27. The second-order valence-corrected chi connectivity index (χ2v) is 8.19. The van der Waals surface area contributed by atoms with Gasteiger partial charge in [-0.2, -0.15) is 0 Å². The summed E-state index contributed by atoms with van der Waals surface area (Å²) in [5.74, 6) is 0. The fourth-order valence-electron chi connectivity index (χ4n) is 1.98. The van der Waals surface area contributed by atoms with Gasteiger partial charge >= 0.3 is 0 Å². The molecule has 0 N–H and O–H groups in total. The molecule has 0 aromatic rings. The Morgan fingerprint density at radius 2 is 0.933 bits per heavy atom. The monoisotopic (exact) mass is 264 g/mol. The van der Waals surface area contributed by atoms with E-state index in [-0.39, 0.29) is 0 Å². The van der Waals surface area contributed by atoms with Gasteiger partial charge in [0.25, 0.3) is 0 Å². The zero-order valence-corrected chi connectivity index (χ0v) is 11.6. The van der Waals surface area contributed by atoms with Crippen LogP contribution in [0.1, 0.15) is 38.5 Å². The molecule has 15 heavy (non-hydrogen) atoms. The Kier molecular flexibility index (Phi) is 6.07. The third-order valence-corrected chi connectivity index (χ3v) is 6.90. The van der Waals surface area contributed by atoms with Crippen molar-refractivity contribution in [3.63, 3.8) is 0 Å². The maximum Gasteiger partial charge on any atom is 0.00975 e. The zero-order valence-electron chi connectivity index (χ0n) is 9.19. The van der Waals surface area contributed by atoms with Gasteiger partial charge in [0.1, 0.15) is 0 Å². The summed E-state index contributed by atoms with van der Waals surface area (Å²) in [5.41, 5.74) is 0. The summed E-state index contributed by atoms with van der Waals surface area (Å²) in [6, 6.07) is 0. The lowest BCUT2D eigenvalue weighted by atomic mass is 10.2. The van der Waals surface area contributed by atoms with Crippen molar-refractivity contribution in [1.29, 1.82) is 0 Å². The molecule has 2 fully saturated rings. The molecule has 2 aliphatic heterocycles. The van der Waals surface area contributed by atoms with Gasteiger partial charge in [0.15, 0.2) is 0 Å². The maximum absolute atomic E-state index is 2.52. The average Bonchev–Trinajstić information content (AvgIpc) is 2.32. The molecule has 88 valence electrons. The van der Waals surface area contributed by atoms with E-state index >= 15 is 0 Å². The fourth-order valence-corrected chi connectivity index (χ4v) is 6.28. The summed E-state index contributed by atoms with van der Waals surface area (Å²) in [6.07, 6.45) is 8.43. The van der Waals surface area contributed by atoms with E-state index in [1.54, 1.807) is 0 Å². The van der Waals surface area contributed by atoms with Crippen LogP contribution in [0.2, 0.25) is 0 Å². The van der Waals surface area contributed by atoms with Gasteiger partial charge in [-0.3, -0.25) is 0 Å². The van der Waals surface area contributed by atoms with Crippen LogP contribution in [0.25, 0.3) is 0 Å². The summed E-state index contributed by atoms with van der Waals surface area (Å²) in [5, 5.41) is 0. The van der Waals surface area contributed by atoms with Gasteiger partial charge in [-0.05, 0) is 25.7 Å². The highest BCUT2D eigenvalue weighted by molar-refractivity contribution is 9.08. The predicted molar refractivity (Wildman–Crippen MR) is 73.6 cm³/mol. The average molecular weight is 264 g/mol. The van der Waals surface area contributed by atoms with Crippen molar-refractivity contribution in [3.8, 4) is 0 Å². The Morgan fingerprint density at radius 3 is 1.33 bits per heavy atom. The SMILES string of the molecule is C1CCN(SSSN2CCCCC2)CC1. The molecule has 0 amide bonds. The number of hydrogen-bond donors (Lipinski definition) is 0. The Hall–Kier alpha value is 0.970. The van der Waals surface area contributed by atoms with Crippen molar-refractivity contribution in [2.24, 2.45) is 0 Å². The molecular formula is C10H20N2S3. The number of hydrogen-bond acceptors (Lipinski definition) is 5. The largest absolute Gasteiger partial charge is 0.241 e. The Morgan fingerprint density at radius 1 is 0.533 bits per heavy atom. The Bertz CT molecular complexity index is 150. The standard InChI is InChI=1S/C10H20N2S3/c1-3-7-11(8-4-1)13-15-14-12-9-5-2-6-10-12/h1-10H2. The lowest BCUT2D eigenvalue weighted by Crippen LogP contribution is -2.23. The van der Waals surface area contributed by atoms with Crippen LogP contribution < -0.4 is 0 Å². The van der Waals surface area contributed by atoms with Crippen molar-refractivity contribution in [3.05, 3.63) is 0 Å². The van der Waals surface area contributed by atoms with Crippen molar-refractivity contribution in [2.75, 3.05) is 26.2 Å². The van der Waals surface area contributed by atoms with Crippen LogP contribution in [0.15, 0.2) is 0 Å². The quantitative estimate of drug-likeness (QED) is 0.561. The van der Waals surface area contributed by atoms with Gasteiger partial charge < -0.3 is 0 Å². The van der Waals surface area contributed by atoms with Gasteiger partial charge in [-0.1, -0.05) is 12.8 Å². The molecule has 0 atom stereocenters. The van der Waals surface area contributed by atoms with Crippen molar-refractivity contribution in [2.45, 2.75) is 38.5 Å². The molecule has 0 bridgehead atoms. The third kappa shape index (κ3) is 4.77. The summed E-state index contributed by atoms with van der Waals surface area (Å²) in [7, 11) is 5.88. The lowest BCUT2D eigenvalue weighted by molar-refractivity contribution is 0.383. The first-order valence-corrected chi connectivity index (χ1v) is 9.36. The van der Waals surface area contributed by atoms with Gasteiger partial charge in [-0.25, -0.2) is 8.61 Å². The summed E-state index contributed by atoms with van der Waals surface area (Å²) in [6.45, 7) is 5.16. The number of piperidine rings is 2. The van der Waals surface area contributed by atoms with E-state index in [2.05, 4.69) is 8.61 Å². The topological polar surface area (TPSA) is 6.48 Å². The molecule has 0 aliphatic carbocycles. The number of rotatable bonds is 4. The van der Waals surface area contributed by atoms with Crippen LogP contribution in [0, 0.1) is 0 Å². The van der Waals surface area contributed by atoms with Gasteiger partial charge in [-0.15, -0.1) is 0 Å². The van der Waals surface area contributed by atoms with Crippen LogP contribution in [0.4, 0.5) is 0 Å². The molecule has 2 nitrogen and oxygen atoms in total. The van der Waals surface area contributed by atoms with E-state index in [0.29, 0.717) is 0 Å². The highest BCUT2D eigenvalue weighted by atomic mass is 33.5. The van der Waals surface area contributed by atoms with E-state index < -0.39 is 0 Å². The number of nitrogens with zero attached hydrogens (tertiary/aromatic N) is 2. The molecule has 0 aromatic heterocycles. The van der Waals surface area contributed by atoms with Crippen molar-refractivity contribution in [1.82, 2.24) is 8.61 Å². The molecule has 2 heterocycles. The van der Waals surface area contributed by atoms with E-state index in [1.807, 2.05) is 31.8 Å². The first-order chi connectivity index (χ1) is 7.45.